The van der Waals surface area contributed by atoms with E-state index in [1.807, 2.05) is 0 Å². The van der Waals surface area contributed by atoms with Crippen LogP contribution < -0.4 is 0 Å². The molecule has 0 aliphatic carbocycles. The number of carbonyl (C=O) groups is 1. The molecular formula is C10H10FNO3. The zero-order chi connectivity index (χ0) is 11.6. The van der Waals surface area contributed by atoms with Crippen LogP contribution in [0.4, 0.5) is 10.1 Å². The number of hydrogen-bond acceptors (Lipinski definition) is 3. The Morgan fingerprint density at radius 2 is 2.13 bits per heavy atom. The van der Waals surface area contributed by atoms with Crippen LogP contribution in [0.25, 0.3) is 0 Å². The molecule has 0 saturated carbocycles. The van der Waals surface area contributed by atoms with E-state index in [4.69, 9.17) is 0 Å². The predicted octanol–water partition coefficient (Wildman–Crippen LogP) is 2.43. The minimum Gasteiger partial charge on any atom is -0.299 e. The number of ketones is 1. The van der Waals surface area contributed by atoms with E-state index in [1.54, 1.807) is 0 Å². The molecule has 0 heterocycles. The van der Waals surface area contributed by atoms with Crippen LogP contribution in [0.2, 0.25) is 0 Å². The van der Waals surface area contributed by atoms with E-state index in [9.17, 15) is 19.3 Å². The minimum atomic E-state index is -0.666. The number of benzene rings is 1. The second-order valence-corrected chi connectivity index (χ2v) is 3.29. The van der Waals surface area contributed by atoms with Crippen molar-refractivity contribution in [1.82, 2.24) is 0 Å². The molecule has 1 unspecified atom stereocenters. The van der Waals surface area contributed by atoms with E-state index in [0.29, 0.717) is 0 Å². The number of carbonyl (C=O) groups excluding carboxylic acids is 1. The molecule has 0 amide bonds. The number of halogens is 1. The molecule has 0 radical (unpaired) electrons. The Morgan fingerprint density at radius 1 is 1.53 bits per heavy atom. The fraction of sp³-hybridized carbons (Fsp3) is 0.300. The minimum absolute atomic E-state index is 0.118. The summed E-state index contributed by atoms with van der Waals surface area (Å²) in [5.41, 5.74) is -0.105. The van der Waals surface area contributed by atoms with Crippen molar-refractivity contribution in [3.05, 3.63) is 39.7 Å². The number of Topliss-reactive ketones (excluding diaryl/α,β-unsaturated/α-hetero) is 1. The van der Waals surface area contributed by atoms with Crippen LogP contribution in [0.1, 0.15) is 25.3 Å². The lowest BCUT2D eigenvalue weighted by molar-refractivity contribution is -0.385. The molecule has 0 N–H and O–H groups in total. The first-order chi connectivity index (χ1) is 6.93. The monoisotopic (exact) mass is 211 g/mol. The number of nitro benzene ring substituents is 1. The first-order valence-corrected chi connectivity index (χ1v) is 4.37. The van der Waals surface area contributed by atoms with Gasteiger partial charge >= 0.3 is 0 Å². The summed E-state index contributed by atoms with van der Waals surface area (Å²) in [6.45, 7) is 2.84. The highest BCUT2D eigenvalue weighted by Gasteiger charge is 2.22. The van der Waals surface area contributed by atoms with E-state index in [0.717, 1.165) is 18.2 Å². The van der Waals surface area contributed by atoms with Crippen molar-refractivity contribution >= 4 is 11.5 Å². The van der Waals surface area contributed by atoms with Crippen LogP contribution in [0.15, 0.2) is 18.2 Å². The highest BCUT2D eigenvalue weighted by atomic mass is 19.1. The maximum absolute atomic E-state index is 12.9. The Kier molecular flexibility index (Phi) is 3.14. The zero-order valence-corrected chi connectivity index (χ0v) is 8.36. The van der Waals surface area contributed by atoms with Crippen molar-refractivity contribution in [2.45, 2.75) is 19.8 Å². The molecule has 0 fully saturated rings. The molecule has 0 bridgehead atoms. The maximum Gasteiger partial charge on any atom is 0.273 e. The summed E-state index contributed by atoms with van der Waals surface area (Å²) in [4.78, 5) is 21.1. The van der Waals surface area contributed by atoms with Crippen LogP contribution in [0.3, 0.4) is 0 Å². The van der Waals surface area contributed by atoms with Crippen molar-refractivity contribution < 1.29 is 14.1 Å². The van der Waals surface area contributed by atoms with Gasteiger partial charge in [0.2, 0.25) is 0 Å². The molecule has 0 aliphatic heterocycles. The van der Waals surface area contributed by atoms with Crippen molar-refractivity contribution in [2.75, 3.05) is 0 Å². The number of hydrogen-bond donors (Lipinski definition) is 0. The summed E-state index contributed by atoms with van der Waals surface area (Å²) >= 11 is 0. The molecule has 0 aliphatic rings. The predicted molar refractivity (Wildman–Crippen MR) is 52.2 cm³/mol. The van der Waals surface area contributed by atoms with Crippen molar-refractivity contribution in [1.29, 1.82) is 0 Å². The third kappa shape index (κ3) is 2.37. The van der Waals surface area contributed by atoms with Gasteiger partial charge in [0.15, 0.2) is 0 Å². The molecule has 1 rings (SSSR count). The van der Waals surface area contributed by atoms with Gasteiger partial charge in [-0.2, -0.15) is 0 Å². The number of rotatable bonds is 3. The molecule has 5 heteroatoms. The molecule has 0 aromatic heterocycles. The molecule has 1 aromatic rings. The van der Waals surface area contributed by atoms with Gasteiger partial charge in [-0.3, -0.25) is 14.9 Å². The summed E-state index contributed by atoms with van der Waals surface area (Å²) in [5, 5.41) is 10.6. The summed E-state index contributed by atoms with van der Waals surface area (Å²) in [7, 11) is 0. The van der Waals surface area contributed by atoms with Gasteiger partial charge in [0.1, 0.15) is 11.6 Å². The highest BCUT2D eigenvalue weighted by Crippen LogP contribution is 2.27. The molecular weight excluding hydrogens is 201 g/mol. The van der Waals surface area contributed by atoms with E-state index in [1.165, 1.54) is 13.8 Å². The third-order valence-corrected chi connectivity index (χ3v) is 2.26. The van der Waals surface area contributed by atoms with E-state index >= 15 is 0 Å². The fourth-order valence-electron chi connectivity index (χ4n) is 1.26. The second kappa shape index (κ2) is 4.16. The van der Waals surface area contributed by atoms with Crippen molar-refractivity contribution in [3.8, 4) is 0 Å². The Hall–Kier alpha value is -1.78. The fourth-order valence-corrected chi connectivity index (χ4v) is 1.26. The van der Waals surface area contributed by atoms with Crippen molar-refractivity contribution in [3.63, 3.8) is 0 Å². The van der Waals surface area contributed by atoms with Gasteiger partial charge in [0.05, 0.1) is 4.92 Å². The Morgan fingerprint density at radius 3 is 2.60 bits per heavy atom. The average Bonchev–Trinajstić information content (AvgIpc) is 2.15. The van der Waals surface area contributed by atoms with Gasteiger partial charge in [-0.15, -0.1) is 0 Å². The Labute approximate surface area is 85.9 Å². The van der Waals surface area contributed by atoms with Crippen LogP contribution in [-0.2, 0) is 4.79 Å². The Balaban J connectivity index is 3.30. The van der Waals surface area contributed by atoms with Gasteiger partial charge < -0.3 is 0 Å². The quantitative estimate of drug-likeness (QED) is 0.569. The largest absolute Gasteiger partial charge is 0.299 e. The molecule has 0 spiro atoms. The summed E-state index contributed by atoms with van der Waals surface area (Å²) in [6, 6.07) is 3.11. The zero-order valence-electron chi connectivity index (χ0n) is 8.36. The summed E-state index contributed by atoms with van der Waals surface area (Å²) < 4.78 is 12.9. The van der Waals surface area contributed by atoms with E-state index in [2.05, 4.69) is 0 Å². The first-order valence-electron chi connectivity index (χ1n) is 4.37. The van der Waals surface area contributed by atoms with E-state index in [-0.39, 0.29) is 17.0 Å². The average molecular weight is 211 g/mol. The number of nitro groups is 1. The third-order valence-electron chi connectivity index (χ3n) is 2.26. The van der Waals surface area contributed by atoms with Gasteiger partial charge in [-0.25, -0.2) is 4.39 Å². The highest BCUT2D eigenvalue weighted by molar-refractivity contribution is 5.84. The molecule has 15 heavy (non-hydrogen) atoms. The lowest BCUT2D eigenvalue weighted by Crippen LogP contribution is -2.07. The lowest BCUT2D eigenvalue weighted by atomic mass is 9.96. The van der Waals surface area contributed by atoms with Gasteiger partial charge in [-0.1, -0.05) is 6.92 Å². The summed E-state index contributed by atoms with van der Waals surface area (Å²) in [6.07, 6.45) is 0. The number of nitrogens with zero attached hydrogens (tertiary/aromatic N) is 1. The maximum atomic E-state index is 12.9. The smallest absolute Gasteiger partial charge is 0.273 e. The van der Waals surface area contributed by atoms with Gasteiger partial charge in [-0.05, 0) is 19.1 Å². The summed E-state index contributed by atoms with van der Waals surface area (Å²) in [5.74, 6) is -1.48. The normalized spacial score (nSPS) is 12.2. The van der Waals surface area contributed by atoms with Gasteiger partial charge in [0.25, 0.3) is 5.69 Å². The van der Waals surface area contributed by atoms with Crippen LogP contribution in [-0.4, -0.2) is 10.7 Å². The molecule has 0 saturated heterocycles. The molecule has 4 nitrogen and oxygen atoms in total. The molecule has 1 atom stereocenters. The van der Waals surface area contributed by atoms with Crippen LogP contribution in [0, 0.1) is 15.9 Å². The Bertz CT molecular complexity index is 417. The topological polar surface area (TPSA) is 60.2 Å². The van der Waals surface area contributed by atoms with Crippen LogP contribution in [0.5, 0.6) is 0 Å². The standard InChI is InChI=1S/C10H10FNO3/c1-6(7(2)13)9-5-8(11)3-4-10(9)12(14)15/h3-6H,1-2H3. The lowest BCUT2D eigenvalue weighted by Gasteiger charge is -2.08. The van der Waals surface area contributed by atoms with E-state index < -0.39 is 16.7 Å². The first kappa shape index (κ1) is 11.3. The SMILES string of the molecule is CC(=O)C(C)c1cc(F)ccc1[N+](=O)[O-]. The van der Waals surface area contributed by atoms with Crippen molar-refractivity contribution in [2.24, 2.45) is 0 Å². The second-order valence-electron chi connectivity index (χ2n) is 3.29. The van der Waals surface area contributed by atoms with Crippen LogP contribution >= 0.6 is 0 Å². The van der Waals surface area contributed by atoms with Gasteiger partial charge in [0, 0.05) is 17.5 Å². The molecule has 1 aromatic carbocycles. The molecule has 80 valence electrons.